The Morgan fingerprint density at radius 1 is 1.06 bits per heavy atom. The second-order valence-electron chi connectivity index (χ2n) is 7.57. The van der Waals surface area contributed by atoms with Gasteiger partial charge < -0.3 is 15.4 Å². The highest BCUT2D eigenvalue weighted by Crippen LogP contribution is 2.16. The van der Waals surface area contributed by atoms with Crippen LogP contribution in [0, 0.1) is 5.92 Å². The van der Waals surface area contributed by atoms with Gasteiger partial charge in [-0.15, -0.1) is 0 Å². The molecule has 0 unspecified atom stereocenters. The Kier molecular flexibility index (Phi) is 6.69. The summed E-state index contributed by atoms with van der Waals surface area (Å²) < 4.78 is 0.875. The number of aromatic nitrogens is 2. The molecular formula is C23H25N3O5. The van der Waals surface area contributed by atoms with Crippen molar-refractivity contribution in [2.75, 3.05) is 0 Å². The van der Waals surface area contributed by atoms with Gasteiger partial charge in [0.15, 0.2) is 0 Å². The lowest BCUT2D eigenvalue weighted by atomic mass is 9.98. The Morgan fingerprint density at radius 2 is 1.71 bits per heavy atom. The number of carboxylic acids is 1. The lowest BCUT2D eigenvalue weighted by Crippen LogP contribution is -2.51. The summed E-state index contributed by atoms with van der Waals surface area (Å²) >= 11 is 0. The van der Waals surface area contributed by atoms with Crippen LogP contribution in [0.15, 0.2) is 64.2 Å². The molecule has 1 amide bonds. The summed E-state index contributed by atoms with van der Waals surface area (Å²) in [6.45, 7) is 3.55. The van der Waals surface area contributed by atoms with Gasteiger partial charge in [0.1, 0.15) is 12.1 Å². The zero-order valence-electron chi connectivity index (χ0n) is 17.4. The van der Waals surface area contributed by atoms with Gasteiger partial charge in [0.25, 0.3) is 5.56 Å². The number of benzene rings is 2. The minimum absolute atomic E-state index is 0.0564. The van der Waals surface area contributed by atoms with Gasteiger partial charge >= 0.3 is 11.7 Å². The fraction of sp³-hybridized carbons (Fsp3) is 0.304. The number of hydrogen-bond donors (Lipinski definition) is 3. The number of para-hydroxylation sites is 1. The molecule has 162 valence electrons. The van der Waals surface area contributed by atoms with E-state index in [4.69, 9.17) is 0 Å². The standard InChI is InChI=1S/C23H25N3O5/c1-3-14(2)19(22(29)30)25-20(27)18(13-15-9-5-4-6-10-15)26-21(28)16-11-7-8-12-17(16)24-23(26)31/h4-12,14,18-19H,3,13H2,1-2H3,(H,24,31)(H,25,27)(H,29,30)/t14-,18+,19-/m0/s1. The third-order valence-corrected chi connectivity index (χ3v) is 5.50. The Labute approximate surface area is 178 Å². The van der Waals surface area contributed by atoms with Gasteiger partial charge in [0, 0.05) is 6.42 Å². The predicted molar refractivity (Wildman–Crippen MR) is 117 cm³/mol. The highest BCUT2D eigenvalue weighted by Gasteiger charge is 2.31. The quantitative estimate of drug-likeness (QED) is 0.512. The highest BCUT2D eigenvalue weighted by atomic mass is 16.4. The summed E-state index contributed by atoms with van der Waals surface area (Å²) in [7, 11) is 0. The molecule has 3 aromatic rings. The summed E-state index contributed by atoms with van der Waals surface area (Å²) in [4.78, 5) is 53.5. The van der Waals surface area contributed by atoms with E-state index in [1.165, 1.54) is 0 Å². The molecule has 8 nitrogen and oxygen atoms in total. The van der Waals surface area contributed by atoms with Gasteiger partial charge in [0.05, 0.1) is 10.9 Å². The molecule has 0 saturated heterocycles. The molecule has 2 aromatic carbocycles. The van der Waals surface area contributed by atoms with E-state index in [2.05, 4.69) is 10.3 Å². The third-order valence-electron chi connectivity index (χ3n) is 5.50. The average molecular weight is 423 g/mol. The van der Waals surface area contributed by atoms with Crippen LogP contribution in [0.4, 0.5) is 0 Å². The largest absolute Gasteiger partial charge is 0.480 e. The van der Waals surface area contributed by atoms with Crippen molar-refractivity contribution in [1.29, 1.82) is 0 Å². The molecule has 0 aliphatic carbocycles. The molecule has 0 aliphatic heterocycles. The SMILES string of the molecule is CC[C@H](C)[C@H](NC(=O)[C@@H](Cc1ccccc1)n1c(=O)[nH]c2ccccc2c1=O)C(=O)O. The van der Waals surface area contributed by atoms with Crippen molar-refractivity contribution in [2.24, 2.45) is 5.92 Å². The first-order valence-electron chi connectivity index (χ1n) is 10.1. The number of aromatic amines is 1. The Morgan fingerprint density at radius 3 is 2.35 bits per heavy atom. The summed E-state index contributed by atoms with van der Waals surface area (Å²) in [5, 5.41) is 12.4. The zero-order chi connectivity index (χ0) is 22.5. The first kappa shape index (κ1) is 22.0. The van der Waals surface area contributed by atoms with Crippen LogP contribution in [-0.4, -0.2) is 32.6 Å². The van der Waals surface area contributed by atoms with Gasteiger partial charge in [0.2, 0.25) is 5.91 Å². The van der Waals surface area contributed by atoms with Crippen molar-refractivity contribution in [3.05, 3.63) is 81.0 Å². The number of carbonyl (C=O) groups is 2. The van der Waals surface area contributed by atoms with Crippen LogP contribution >= 0.6 is 0 Å². The van der Waals surface area contributed by atoms with E-state index in [-0.39, 0.29) is 17.7 Å². The van der Waals surface area contributed by atoms with Crippen molar-refractivity contribution >= 4 is 22.8 Å². The molecule has 0 bridgehead atoms. The van der Waals surface area contributed by atoms with Crippen molar-refractivity contribution < 1.29 is 14.7 Å². The number of H-pyrrole nitrogens is 1. The maximum Gasteiger partial charge on any atom is 0.329 e. The van der Waals surface area contributed by atoms with E-state index >= 15 is 0 Å². The van der Waals surface area contributed by atoms with Gasteiger partial charge in [-0.3, -0.25) is 9.59 Å². The van der Waals surface area contributed by atoms with Gasteiger partial charge in [-0.1, -0.05) is 62.7 Å². The summed E-state index contributed by atoms with van der Waals surface area (Å²) in [5.41, 5.74) is -0.228. The molecule has 3 N–H and O–H groups in total. The lowest BCUT2D eigenvalue weighted by molar-refractivity contribution is -0.143. The van der Waals surface area contributed by atoms with E-state index in [0.29, 0.717) is 11.9 Å². The van der Waals surface area contributed by atoms with Crippen molar-refractivity contribution in [3.63, 3.8) is 0 Å². The second-order valence-corrected chi connectivity index (χ2v) is 7.57. The Balaban J connectivity index is 2.10. The Hall–Kier alpha value is -3.68. The van der Waals surface area contributed by atoms with Crippen LogP contribution in [0.25, 0.3) is 10.9 Å². The average Bonchev–Trinajstić information content (AvgIpc) is 2.76. The maximum atomic E-state index is 13.2. The molecule has 0 saturated carbocycles. The number of carboxylic acid groups (broad SMARTS) is 1. The number of rotatable bonds is 8. The van der Waals surface area contributed by atoms with Crippen LogP contribution in [-0.2, 0) is 16.0 Å². The first-order chi connectivity index (χ1) is 14.8. The van der Waals surface area contributed by atoms with Crippen molar-refractivity contribution in [2.45, 2.75) is 38.8 Å². The number of nitrogens with zero attached hydrogens (tertiary/aromatic N) is 1. The molecule has 1 aromatic heterocycles. The van der Waals surface area contributed by atoms with E-state index in [0.717, 1.165) is 10.1 Å². The van der Waals surface area contributed by atoms with Crippen LogP contribution in [0.3, 0.4) is 0 Å². The number of aliphatic carboxylic acids is 1. The van der Waals surface area contributed by atoms with E-state index in [9.17, 15) is 24.3 Å². The Bertz CT molecular complexity index is 1200. The molecule has 31 heavy (non-hydrogen) atoms. The molecular weight excluding hydrogens is 398 g/mol. The van der Waals surface area contributed by atoms with Gasteiger partial charge in [-0.25, -0.2) is 14.2 Å². The number of nitrogens with one attached hydrogen (secondary N) is 2. The molecule has 0 spiro atoms. The van der Waals surface area contributed by atoms with E-state index < -0.39 is 35.2 Å². The number of carbonyl (C=O) groups excluding carboxylic acids is 1. The first-order valence-corrected chi connectivity index (χ1v) is 10.1. The minimum atomic E-state index is -1.21. The van der Waals surface area contributed by atoms with Crippen LogP contribution in [0.5, 0.6) is 0 Å². The topological polar surface area (TPSA) is 121 Å². The molecule has 8 heteroatoms. The normalized spacial score (nSPS) is 14.0. The molecule has 1 heterocycles. The second kappa shape index (κ2) is 9.42. The van der Waals surface area contributed by atoms with Gasteiger partial charge in [-0.2, -0.15) is 0 Å². The molecule has 3 rings (SSSR count). The highest BCUT2D eigenvalue weighted by molar-refractivity contribution is 5.86. The van der Waals surface area contributed by atoms with Crippen LogP contribution < -0.4 is 16.6 Å². The fourth-order valence-electron chi connectivity index (χ4n) is 3.53. The smallest absolute Gasteiger partial charge is 0.329 e. The van der Waals surface area contributed by atoms with E-state index in [1.54, 1.807) is 55.5 Å². The number of amides is 1. The zero-order valence-corrected chi connectivity index (χ0v) is 17.4. The van der Waals surface area contributed by atoms with Crippen molar-refractivity contribution in [3.8, 4) is 0 Å². The maximum absolute atomic E-state index is 13.2. The monoisotopic (exact) mass is 423 g/mol. The summed E-state index contributed by atoms with van der Waals surface area (Å²) in [6, 6.07) is 13.2. The van der Waals surface area contributed by atoms with Crippen molar-refractivity contribution in [1.82, 2.24) is 14.9 Å². The third kappa shape index (κ3) is 4.74. The van der Waals surface area contributed by atoms with Crippen LogP contribution in [0.2, 0.25) is 0 Å². The molecule has 0 fully saturated rings. The molecule has 0 aliphatic rings. The minimum Gasteiger partial charge on any atom is -0.480 e. The molecule has 0 radical (unpaired) electrons. The fourth-order valence-corrected chi connectivity index (χ4v) is 3.53. The number of fused-ring (bicyclic) bond motifs is 1. The lowest BCUT2D eigenvalue weighted by Gasteiger charge is -2.24. The number of hydrogen-bond acceptors (Lipinski definition) is 4. The molecule has 3 atom stereocenters. The predicted octanol–water partition coefficient (Wildman–Crippen LogP) is 2.09. The van der Waals surface area contributed by atoms with Gasteiger partial charge in [-0.05, 0) is 23.6 Å². The summed E-state index contributed by atoms with van der Waals surface area (Å²) in [5.74, 6) is -2.19. The van der Waals surface area contributed by atoms with Crippen LogP contribution in [0.1, 0.15) is 31.9 Å². The summed E-state index contributed by atoms with van der Waals surface area (Å²) in [6.07, 6.45) is 0.595. The van der Waals surface area contributed by atoms with E-state index in [1.807, 2.05) is 13.0 Å².